The van der Waals surface area contributed by atoms with Gasteiger partial charge in [-0.2, -0.15) is 0 Å². The molecule has 0 radical (unpaired) electrons. The first-order valence-electron chi connectivity index (χ1n) is 15.7. The van der Waals surface area contributed by atoms with Crippen LogP contribution in [0.15, 0.2) is 30.3 Å². The molecular formula is C34H51N3O7. The molecular weight excluding hydrogens is 562 g/mol. The predicted octanol–water partition coefficient (Wildman–Crippen LogP) is 5.07. The van der Waals surface area contributed by atoms with Gasteiger partial charge in [0.05, 0.1) is 37.5 Å². The van der Waals surface area contributed by atoms with E-state index in [4.69, 9.17) is 28.4 Å². The van der Waals surface area contributed by atoms with E-state index in [0.717, 1.165) is 30.5 Å². The lowest BCUT2D eigenvalue weighted by Crippen LogP contribution is -2.47. The predicted molar refractivity (Wildman–Crippen MR) is 171 cm³/mol. The largest absolute Gasteiger partial charge is 0.493 e. The maximum atomic E-state index is 14.4. The third kappa shape index (κ3) is 8.49. The summed E-state index contributed by atoms with van der Waals surface area (Å²) in [5.41, 5.74) is 2.58. The molecule has 10 nitrogen and oxygen atoms in total. The smallest absolute Gasteiger partial charge is 0.258 e. The highest BCUT2D eigenvalue weighted by Crippen LogP contribution is 2.42. The number of ether oxygens (including phenoxy) is 6. The molecule has 4 rings (SSSR count). The van der Waals surface area contributed by atoms with E-state index in [-0.39, 0.29) is 36.9 Å². The molecule has 0 bridgehead atoms. The Morgan fingerprint density at radius 1 is 1.05 bits per heavy atom. The van der Waals surface area contributed by atoms with Gasteiger partial charge in [0.25, 0.3) is 5.91 Å². The zero-order valence-corrected chi connectivity index (χ0v) is 27.8. The fraction of sp³-hybridized carbons (Fsp3) is 0.618. The van der Waals surface area contributed by atoms with Gasteiger partial charge in [0.15, 0.2) is 11.5 Å². The lowest BCUT2D eigenvalue weighted by molar-refractivity contribution is -0.0187. The van der Waals surface area contributed by atoms with Gasteiger partial charge in [-0.15, -0.1) is 0 Å². The quantitative estimate of drug-likeness (QED) is 0.385. The summed E-state index contributed by atoms with van der Waals surface area (Å²) in [7, 11) is 9.35. The minimum Gasteiger partial charge on any atom is -0.493 e. The number of hydrogen-bond acceptors (Lipinski definition) is 9. The molecule has 0 unspecified atom stereocenters. The van der Waals surface area contributed by atoms with Gasteiger partial charge in [0.2, 0.25) is 12.5 Å². The standard InChI is InChI=1S/C34H51N3O7/c1-23-18-37(24(2)21-39-7)34(38)28-17-27(35(4)5)12-13-29(28)44-25(3)11-9-10-14-41-32(23)20-36(6)19-26-15-30(40-8)33-31(16-26)42-22-43-33/h12-13,15-17,23-25,32H,9-11,14,18-22H2,1-8H3/t23-,24+,25-,32+/m1/s1. The fourth-order valence-electron chi connectivity index (χ4n) is 5.84. The molecule has 4 atom stereocenters. The van der Waals surface area contributed by atoms with Crippen molar-refractivity contribution in [2.45, 2.75) is 64.8 Å². The van der Waals surface area contributed by atoms with E-state index in [1.165, 1.54) is 0 Å². The van der Waals surface area contributed by atoms with Gasteiger partial charge >= 0.3 is 0 Å². The first-order valence-corrected chi connectivity index (χ1v) is 15.7. The summed E-state index contributed by atoms with van der Waals surface area (Å²) in [6.45, 7) is 9.43. The van der Waals surface area contributed by atoms with Crippen molar-refractivity contribution >= 4 is 11.6 Å². The number of methoxy groups -OCH3 is 2. The number of carbonyl (C=O) groups is 1. The molecule has 2 aliphatic heterocycles. The molecule has 1 amide bonds. The highest BCUT2D eigenvalue weighted by Gasteiger charge is 2.31. The van der Waals surface area contributed by atoms with Crippen molar-refractivity contribution < 1.29 is 33.2 Å². The van der Waals surface area contributed by atoms with Gasteiger partial charge in [0.1, 0.15) is 5.75 Å². The number of benzene rings is 2. The Morgan fingerprint density at radius 2 is 1.84 bits per heavy atom. The van der Waals surface area contributed by atoms with Crippen molar-refractivity contribution in [2.75, 3.05) is 73.4 Å². The van der Waals surface area contributed by atoms with Crippen LogP contribution in [-0.4, -0.2) is 102 Å². The van der Waals surface area contributed by atoms with Crippen LogP contribution in [0.1, 0.15) is 56.0 Å². The molecule has 10 heteroatoms. The van der Waals surface area contributed by atoms with Crippen molar-refractivity contribution in [1.82, 2.24) is 9.80 Å². The second-order valence-electron chi connectivity index (χ2n) is 12.4. The van der Waals surface area contributed by atoms with Crippen LogP contribution < -0.4 is 23.8 Å². The van der Waals surface area contributed by atoms with Gasteiger partial charge in [0, 0.05) is 59.1 Å². The summed E-state index contributed by atoms with van der Waals surface area (Å²) in [5.74, 6) is 2.63. The van der Waals surface area contributed by atoms with E-state index in [2.05, 4.69) is 25.8 Å². The monoisotopic (exact) mass is 613 g/mol. The molecule has 2 heterocycles. The molecule has 2 aromatic rings. The number of nitrogens with zero attached hydrogens (tertiary/aromatic N) is 3. The Bertz CT molecular complexity index is 1240. The van der Waals surface area contributed by atoms with Crippen LogP contribution >= 0.6 is 0 Å². The summed E-state index contributed by atoms with van der Waals surface area (Å²) < 4.78 is 35.2. The van der Waals surface area contributed by atoms with E-state index in [0.29, 0.717) is 61.4 Å². The molecule has 0 aliphatic carbocycles. The number of hydrogen-bond donors (Lipinski definition) is 0. The Hall–Kier alpha value is -3.21. The third-order valence-electron chi connectivity index (χ3n) is 8.36. The van der Waals surface area contributed by atoms with Crippen molar-refractivity contribution in [1.29, 1.82) is 0 Å². The molecule has 0 saturated heterocycles. The molecule has 0 aromatic heterocycles. The molecule has 0 fully saturated rings. The number of amides is 1. The van der Waals surface area contributed by atoms with Gasteiger partial charge in [-0.25, -0.2) is 0 Å². The average molecular weight is 614 g/mol. The van der Waals surface area contributed by atoms with Crippen molar-refractivity contribution in [2.24, 2.45) is 5.92 Å². The van der Waals surface area contributed by atoms with Gasteiger partial charge < -0.3 is 38.2 Å². The van der Waals surface area contributed by atoms with E-state index in [1.54, 1.807) is 14.2 Å². The van der Waals surface area contributed by atoms with Crippen molar-refractivity contribution in [3.05, 3.63) is 41.5 Å². The molecule has 2 aliphatic rings. The van der Waals surface area contributed by atoms with Gasteiger partial charge in [-0.3, -0.25) is 9.69 Å². The average Bonchev–Trinajstić information content (AvgIpc) is 3.46. The van der Waals surface area contributed by atoms with Crippen LogP contribution in [0.4, 0.5) is 5.69 Å². The minimum absolute atomic E-state index is 0.0286. The number of likely N-dealkylation sites (N-methyl/N-ethyl adjacent to an activating group) is 1. The number of rotatable bonds is 9. The topological polar surface area (TPSA) is 82.2 Å². The summed E-state index contributed by atoms with van der Waals surface area (Å²) in [4.78, 5) is 20.5. The molecule has 44 heavy (non-hydrogen) atoms. The summed E-state index contributed by atoms with van der Waals surface area (Å²) in [6.07, 6.45) is 2.67. The van der Waals surface area contributed by atoms with Gasteiger partial charge in [-0.1, -0.05) is 6.92 Å². The fourth-order valence-corrected chi connectivity index (χ4v) is 5.84. The van der Waals surface area contributed by atoms with Crippen molar-refractivity contribution in [3.63, 3.8) is 0 Å². The van der Waals surface area contributed by atoms with Crippen LogP contribution in [-0.2, 0) is 16.0 Å². The van der Waals surface area contributed by atoms with Crippen molar-refractivity contribution in [3.8, 4) is 23.0 Å². The SMILES string of the molecule is COC[C@H](C)N1C[C@@H](C)[C@H](CN(C)Cc2cc(OC)c3c(c2)OCO3)OCCCC[C@@H](C)Oc2ccc(N(C)C)cc2C1=O. The Morgan fingerprint density at radius 3 is 2.57 bits per heavy atom. The highest BCUT2D eigenvalue weighted by atomic mass is 16.7. The lowest BCUT2D eigenvalue weighted by atomic mass is 10.0. The number of fused-ring (bicyclic) bond motifs is 2. The second-order valence-corrected chi connectivity index (χ2v) is 12.4. The molecule has 2 aromatic carbocycles. The third-order valence-corrected chi connectivity index (χ3v) is 8.36. The molecule has 0 saturated carbocycles. The zero-order valence-electron chi connectivity index (χ0n) is 27.8. The van der Waals surface area contributed by atoms with E-state index < -0.39 is 0 Å². The Labute approximate surface area is 263 Å². The number of anilines is 1. The highest BCUT2D eigenvalue weighted by molar-refractivity contribution is 5.98. The normalized spacial score (nSPS) is 21.8. The summed E-state index contributed by atoms with van der Waals surface area (Å²) in [6, 6.07) is 9.74. The first-order chi connectivity index (χ1) is 21.1. The molecule has 244 valence electrons. The maximum Gasteiger partial charge on any atom is 0.258 e. The minimum atomic E-state index is -0.143. The maximum absolute atomic E-state index is 14.4. The first kappa shape index (κ1) is 33.7. The zero-order chi connectivity index (χ0) is 31.8. The Kier molecular flexibility index (Phi) is 12.0. The number of carbonyl (C=O) groups excluding carboxylic acids is 1. The lowest BCUT2D eigenvalue weighted by Gasteiger charge is -2.36. The van der Waals surface area contributed by atoms with Crippen LogP contribution in [0.25, 0.3) is 0 Å². The summed E-state index contributed by atoms with van der Waals surface area (Å²) in [5, 5.41) is 0. The second kappa shape index (κ2) is 15.7. The Balaban J connectivity index is 1.59. The van der Waals surface area contributed by atoms with Crippen LogP contribution in [0.2, 0.25) is 0 Å². The van der Waals surface area contributed by atoms with Crippen LogP contribution in [0.3, 0.4) is 0 Å². The van der Waals surface area contributed by atoms with Crippen LogP contribution in [0, 0.1) is 5.92 Å². The van der Waals surface area contributed by atoms with E-state index >= 15 is 0 Å². The molecule has 0 N–H and O–H groups in total. The van der Waals surface area contributed by atoms with E-state index in [9.17, 15) is 4.79 Å². The summed E-state index contributed by atoms with van der Waals surface area (Å²) >= 11 is 0. The van der Waals surface area contributed by atoms with E-state index in [1.807, 2.05) is 61.2 Å². The van der Waals surface area contributed by atoms with Gasteiger partial charge in [-0.05, 0) is 76.1 Å². The van der Waals surface area contributed by atoms with Crippen LogP contribution in [0.5, 0.6) is 23.0 Å². The molecule has 0 spiro atoms.